The highest BCUT2D eigenvalue weighted by Gasteiger charge is 2.01. The molecule has 0 aliphatic carbocycles. The van der Waals surface area contributed by atoms with Gasteiger partial charge in [-0.05, 0) is 30.5 Å². The predicted molar refractivity (Wildman–Crippen MR) is 77.0 cm³/mol. The first-order valence-corrected chi connectivity index (χ1v) is 6.54. The molecular formula is C15H13NOS. The van der Waals surface area contributed by atoms with E-state index in [2.05, 4.69) is 11.7 Å². The van der Waals surface area contributed by atoms with Crippen LogP contribution in [0.1, 0.15) is 15.9 Å². The lowest BCUT2D eigenvalue weighted by Gasteiger charge is -2.05. The number of thioether (sulfide) groups is 1. The maximum Gasteiger partial charge on any atom is 0.150 e. The molecule has 0 atom stereocenters. The van der Waals surface area contributed by atoms with Gasteiger partial charge in [0.25, 0.3) is 0 Å². The SMILES string of the molecule is C=Nc1ccccc1SCc1cccc(C=O)c1. The van der Waals surface area contributed by atoms with E-state index in [1.54, 1.807) is 17.8 Å². The highest BCUT2D eigenvalue weighted by Crippen LogP contribution is 2.31. The van der Waals surface area contributed by atoms with E-state index in [9.17, 15) is 4.79 Å². The van der Waals surface area contributed by atoms with E-state index < -0.39 is 0 Å². The Morgan fingerprint density at radius 1 is 1.17 bits per heavy atom. The van der Waals surface area contributed by atoms with Gasteiger partial charge in [-0.25, -0.2) is 0 Å². The minimum Gasteiger partial charge on any atom is -0.298 e. The van der Waals surface area contributed by atoms with Crippen molar-refractivity contribution >= 4 is 30.5 Å². The first kappa shape index (κ1) is 12.6. The van der Waals surface area contributed by atoms with E-state index in [1.807, 2.05) is 42.5 Å². The Bertz CT molecular complexity index is 566. The molecule has 0 heterocycles. The number of aliphatic imine (C=N–C) groups is 1. The lowest BCUT2D eigenvalue weighted by molar-refractivity contribution is 0.112. The highest BCUT2D eigenvalue weighted by atomic mass is 32.2. The van der Waals surface area contributed by atoms with Crippen molar-refractivity contribution in [3.05, 3.63) is 59.7 Å². The van der Waals surface area contributed by atoms with Crippen molar-refractivity contribution in [2.24, 2.45) is 4.99 Å². The fourth-order valence-electron chi connectivity index (χ4n) is 1.63. The number of nitrogens with zero attached hydrogens (tertiary/aromatic N) is 1. The number of carbonyl (C=O) groups is 1. The molecule has 2 rings (SSSR count). The molecule has 0 bridgehead atoms. The molecule has 0 aliphatic rings. The monoisotopic (exact) mass is 255 g/mol. The van der Waals surface area contributed by atoms with Gasteiger partial charge in [-0.1, -0.05) is 30.3 Å². The number of para-hydroxylation sites is 1. The Morgan fingerprint density at radius 2 is 2.00 bits per heavy atom. The second kappa shape index (κ2) is 6.17. The number of hydrogen-bond acceptors (Lipinski definition) is 3. The van der Waals surface area contributed by atoms with Gasteiger partial charge in [-0.3, -0.25) is 9.79 Å². The highest BCUT2D eigenvalue weighted by molar-refractivity contribution is 7.98. The number of benzene rings is 2. The van der Waals surface area contributed by atoms with Crippen LogP contribution in [-0.4, -0.2) is 13.0 Å². The summed E-state index contributed by atoms with van der Waals surface area (Å²) in [5.74, 6) is 0.814. The molecule has 0 amide bonds. The van der Waals surface area contributed by atoms with Crippen LogP contribution in [0.2, 0.25) is 0 Å². The second-order valence-corrected chi connectivity index (χ2v) is 4.79. The van der Waals surface area contributed by atoms with Gasteiger partial charge in [0.2, 0.25) is 0 Å². The van der Waals surface area contributed by atoms with Crippen molar-refractivity contribution in [3.8, 4) is 0 Å². The van der Waals surface area contributed by atoms with Crippen molar-refractivity contribution < 1.29 is 4.79 Å². The standard InChI is InChI=1S/C15H13NOS/c1-16-14-7-2-3-8-15(14)18-11-13-6-4-5-12(9-13)10-17/h2-10H,1,11H2. The maximum atomic E-state index is 10.7. The smallest absolute Gasteiger partial charge is 0.150 e. The Hall–Kier alpha value is -1.87. The van der Waals surface area contributed by atoms with E-state index in [0.29, 0.717) is 5.56 Å². The van der Waals surface area contributed by atoms with Crippen LogP contribution in [0.15, 0.2) is 58.4 Å². The fraction of sp³-hybridized carbons (Fsp3) is 0.0667. The van der Waals surface area contributed by atoms with Gasteiger partial charge >= 0.3 is 0 Å². The molecule has 0 unspecified atom stereocenters. The van der Waals surface area contributed by atoms with E-state index in [4.69, 9.17) is 0 Å². The Morgan fingerprint density at radius 3 is 2.78 bits per heavy atom. The summed E-state index contributed by atoms with van der Waals surface area (Å²) in [7, 11) is 0. The first-order chi connectivity index (χ1) is 8.83. The van der Waals surface area contributed by atoms with Crippen LogP contribution < -0.4 is 0 Å². The molecule has 0 fully saturated rings. The number of aldehydes is 1. The van der Waals surface area contributed by atoms with Gasteiger partial charge in [-0.2, -0.15) is 0 Å². The third-order valence-corrected chi connectivity index (χ3v) is 3.65. The quantitative estimate of drug-likeness (QED) is 0.457. The molecule has 0 saturated heterocycles. The molecule has 2 aromatic carbocycles. The van der Waals surface area contributed by atoms with Crippen molar-refractivity contribution in [2.45, 2.75) is 10.6 Å². The molecule has 0 aliphatic heterocycles. The van der Waals surface area contributed by atoms with E-state index >= 15 is 0 Å². The molecule has 0 radical (unpaired) electrons. The summed E-state index contributed by atoms with van der Waals surface area (Å²) in [4.78, 5) is 15.8. The van der Waals surface area contributed by atoms with Crippen LogP contribution in [-0.2, 0) is 5.75 Å². The zero-order valence-electron chi connectivity index (χ0n) is 9.87. The molecule has 0 saturated carbocycles. The molecule has 3 heteroatoms. The van der Waals surface area contributed by atoms with Gasteiger partial charge in [-0.15, -0.1) is 11.8 Å². The van der Waals surface area contributed by atoms with Crippen molar-refractivity contribution in [2.75, 3.05) is 0 Å². The lowest BCUT2D eigenvalue weighted by atomic mass is 10.2. The minimum atomic E-state index is 0.711. The van der Waals surface area contributed by atoms with Crippen LogP contribution in [0.4, 0.5) is 5.69 Å². The van der Waals surface area contributed by atoms with Crippen LogP contribution in [0.3, 0.4) is 0 Å². The largest absolute Gasteiger partial charge is 0.298 e. The Kier molecular flexibility index (Phi) is 4.31. The topological polar surface area (TPSA) is 29.4 Å². The predicted octanol–water partition coefficient (Wildman–Crippen LogP) is 4.12. The normalized spacial score (nSPS) is 10.0. The number of carbonyl (C=O) groups excluding carboxylic acids is 1. The van der Waals surface area contributed by atoms with Gasteiger partial charge in [0.1, 0.15) is 6.29 Å². The summed E-state index contributed by atoms with van der Waals surface area (Å²) >= 11 is 1.69. The molecule has 0 spiro atoms. The van der Waals surface area contributed by atoms with E-state index in [1.165, 1.54) is 0 Å². The second-order valence-electron chi connectivity index (χ2n) is 3.78. The van der Waals surface area contributed by atoms with Crippen LogP contribution in [0, 0.1) is 0 Å². The zero-order chi connectivity index (χ0) is 12.8. The average Bonchev–Trinajstić information content (AvgIpc) is 2.45. The molecule has 2 nitrogen and oxygen atoms in total. The number of rotatable bonds is 5. The van der Waals surface area contributed by atoms with Crippen molar-refractivity contribution in [1.82, 2.24) is 0 Å². The van der Waals surface area contributed by atoms with Crippen LogP contribution in [0.5, 0.6) is 0 Å². The Balaban J connectivity index is 2.11. The van der Waals surface area contributed by atoms with Gasteiger partial charge in [0.15, 0.2) is 0 Å². The summed E-state index contributed by atoms with van der Waals surface area (Å²) in [6.07, 6.45) is 0.868. The maximum absolute atomic E-state index is 10.7. The molecule has 0 N–H and O–H groups in total. The van der Waals surface area contributed by atoms with E-state index in [0.717, 1.165) is 28.2 Å². The van der Waals surface area contributed by atoms with Gasteiger partial charge in [0.05, 0.1) is 5.69 Å². The molecule has 90 valence electrons. The van der Waals surface area contributed by atoms with Crippen LogP contribution >= 0.6 is 11.8 Å². The molecule has 2 aromatic rings. The number of hydrogen-bond donors (Lipinski definition) is 0. The summed E-state index contributed by atoms with van der Waals surface area (Å²) in [6, 6.07) is 15.5. The zero-order valence-corrected chi connectivity index (χ0v) is 10.7. The van der Waals surface area contributed by atoms with Crippen molar-refractivity contribution in [3.63, 3.8) is 0 Å². The summed E-state index contributed by atoms with van der Waals surface area (Å²) < 4.78 is 0. The molecular weight excluding hydrogens is 242 g/mol. The summed E-state index contributed by atoms with van der Waals surface area (Å²) in [5, 5.41) is 0. The van der Waals surface area contributed by atoms with Gasteiger partial charge < -0.3 is 0 Å². The van der Waals surface area contributed by atoms with Crippen molar-refractivity contribution in [1.29, 1.82) is 0 Å². The van der Waals surface area contributed by atoms with E-state index in [-0.39, 0.29) is 0 Å². The first-order valence-electron chi connectivity index (χ1n) is 5.56. The summed E-state index contributed by atoms with van der Waals surface area (Å²) in [6.45, 7) is 3.56. The Labute approximate surface area is 111 Å². The fourth-order valence-corrected chi connectivity index (χ4v) is 2.58. The van der Waals surface area contributed by atoms with Gasteiger partial charge in [0, 0.05) is 16.2 Å². The minimum absolute atomic E-state index is 0.711. The summed E-state index contributed by atoms with van der Waals surface area (Å²) in [5.41, 5.74) is 2.74. The molecule has 18 heavy (non-hydrogen) atoms. The molecule has 0 aromatic heterocycles. The third kappa shape index (κ3) is 3.08. The lowest BCUT2D eigenvalue weighted by Crippen LogP contribution is -1.85. The third-order valence-electron chi connectivity index (χ3n) is 2.52. The van der Waals surface area contributed by atoms with Crippen LogP contribution in [0.25, 0.3) is 0 Å². The average molecular weight is 255 g/mol.